The number of benzene rings is 1. The van der Waals surface area contributed by atoms with E-state index in [9.17, 15) is 9.90 Å². The number of rotatable bonds is 6. The van der Waals surface area contributed by atoms with Crippen LogP contribution in [0.3, 0.4) is 0 Å². The number of carbonyl (C=O) groups excluding carboxylic acids is 1. The second-order valence-corrected chi connectivity index (χ2v) is 6.13. The molecule has 3 atom stereocenters. The Morgan fingerprint density at radius 1 is 1.40 bits per heavy atom. The number of amides is 1. The fourth-order valence-electron chi connectivity index (χ4n) is 3.11. The summed E-state index contributed by atoms with van der Waals surface area (Å²) in [5.41, 5.74) is 2.74. The molecule has 0 aromatic heterocycles. The van der Waals surface area contributed by atoms with Gasteiger partial charge < -0.3 is 10.4 Å². The monoisotopic (exact) mass is 275 g/mol. The standard InChI is InChI=1S/C17H25NO2/c1-12(9-13(2)19)11-18-17(20)10-15-8-7-14-5-3-4-6-16(14)15/h3-6,12-13,15,19H,7-11H2,1-2H3,(H,18,20). The Hall–Kier alpha value is -1.35. The lowest BCUT2D eigenvalue weighted by Crippen LogP contribution is -2.30. The predicted molar refractivity (Wildman–Crippen MR) is 80.6 cm³/mol. The molecule has 0 saturated heterocycles. The fourth-order valence-corrected chi connectivity index (χ4v) is 3.11. The lowest BCUT2D eigenvalue weighted by molar-refractivity contribution is -0.121. The maximum absolute atomic E-state index is 12.0. The van der Waals surface area contributed by atoms with Crippen LogP contribution in [0.5, 0.6) is 0 Å². The number of nitrogens with one attached hydrogen (secondary N) is 1. The predicted octanol–water partition coefficient (Wildman–Crippen LogP) is 2.63. The molecule has 3 nitrogen and oxygen atoms in total. The Balaban J connectivity index is 1.79. The number of aliphatic hydroxyl groups excluding tert-OH is 1. The van der Waals surface area contributed by atoms with Crippen molar-refractivity contribution in [2.75, 3.05) is 6.54 Å². The van der Waals surface area contributed by atoms with Crippen molar-refractivity contribution in [2.45, 2.75) is 51.6 Å². The topological polar surface area (TPSA) is 49.3 Å². The number of aliphatic hydroxyl groups is 1. The molecule has 1 amide bonds. The number of hydrogen-bond donors (Lipinski definition) is 2. The summed E-state index contributed by atoms with van der Waals surface area (Å²) >= 11 is 0. The molecule has 0 spiro atoms. The Labute approximate surface area is 121 Å². The van der Waals surface area contributed by atoms with Gasteiger partial charge in [0.2, 0.25) is 5.91 Å². The van der Waals surface area contributed by atoms with Gasteiger partial charge in [0.1, 0.15) is 0 Å². The van der Waals surface area contributed by atoms with Crippen molar-refractivity contribution >= 4 is 5.91 Å². The van der Waals surface area contributed by atoms with Gasteiger partial charge in [0.05, 0.1) is 6.10 Å². The summed E-state index contributed by atoms with van der Waals surface area (Å²) in [5, 5.41) is 12.3. The first-order valence-electron chi connectivity index (χ1n) is 7.58. The van der Waals surface area contributed by atoms with E-state index >= 15 is 0 Å². The first-order chi connectivity index (χ1) is 9.56. The van der Waals surface area contributed by atoms with E-state index in [4.69, 9.17) is 0 Å². The highest BCUT2D eigenvalue weighted by atomic mass is 16.3. The van der Waals surface area contributed by atoms with Crippen molar-refractivity contribution in [1.29, 1.82) is 0 Å². The average molecular weight is 275 g/mol. The molecule has 3 heteroatoms. The van der Waals surface area contributed by atoms with Gasteiger partial charge in [0.15, 0.2) is 0 Å². The summed E-state index contributed by atoms with van der Waals surface area (Å²) in [6.45, 7) is 4.49. The van der Waals surface area contributed by atoms with Crippen molar-refractivity contribution in [3.05, 3.63) is 35.4 Å². The molecule has 2 N–H and O–H groups in total. The second kappa shape index (κ2) is 6.89. The quantitative estimate of drug-likeness (QED) is 0.838. The summed E-state index contributed by atoms with van der Waals surface area (Å²) < 4.78 is 0. The lowest BCUT2D eigenvalue weighted by Gasteiger charge is -2.16. The van der Waals surface area contributed by atoms with Crippen LogP contribution in [0.2, 0.25) is 0 Å². The SMILES string of the molecule is CC(O)CC(C)CNC(=O)CC1CCc2ccccc21. The summed E-state index contributed by atoms with van der Waals surface area (Å²) in [4.78, 5) is 12.0. The second-order valence-electron chi connectivity index (χ2n) is 6.13. The molecule has 0 saturated carbocycles. The van der Waals surface area contributed by atoms with E-state index in [0.29, 0.717) is 24.8 Å². The zero-order chi connectivity index (χ0) is 14.5. The largest absolute Gasteiger partial charge is 0.393 e. The molecular weight excluding hydrogens is 250 g/mol. The Bertz CT molecular complexity index is 456. The third-order valence-electron chi connectivity index (χ3n) is 4.08. The van der Waals surface area contributed by atoms with Gasteiger partial charge in [0.25, 0.3) is 0 Å². The number of aryl methyl sites for hydroxylation is 1. The minimum atomic E-state index is -0.302. The van der Waals surface area contributed by atoms with Crippen LogP contribution in [0.1, 0.15) is 50.2 Å². The van der Waals surface area contributed by atoms with Gasteiger partial charge in [-0.15, -0.1) is 0 Å². The van der Waals surface area contributed by atoms with Crippen molar-refractivity contribution in [1.82, 2.24) is 5.32 Å². The van der Waals surface area contributed by atoms with Crippen molar-refractivity contribution < 1.29 is 9.90 Å². The summed E-state index contributed by atoms with van der Waals surface area (Å²) in [6, 6.07) is 8.44. The molecule has 1 aromatic rings. The van der Waals surface area contributed by atoms with Crippen LogP contribution in [-0.4, -0.2) is 23.7 Å². The Kier molecular flexibility index (Phi) is 5.18. The van der Waals surface area contributed by atoms with E-state index in [-0.39, 0.29) is 12.0 Å². The van der Waals surface area contributed by atoms with Crippen LogP contribution in [-0.2, 0) is 11.2 Å². The molecule has 0 bridgehead atoms. The van der Waals surface area contributed by atoms with E-state index in [2.05, 4.69) is 36.5 Å². The minimum Gasteiger partial charge on any atom is -0.393 e. The van der Waals surface area contributed by atoms with Crippen LogP contribution >= 0.6 is 0 Å². The van der Waals surface area contributed by atoms with Gasteiger partial charge in [-0.25, -0.2) is 0 Å². The lowest BCUT2D eigenvalue weighted by atomic mass is 9.97. The third kappa shape index (κ3) is 4.07. The molecule has 0 heterocycles. The fraction of sp³-hybridized carbons (Fsp3) is 0.588. The van der Waals surface area contributed by atoms with Gasteiger partial charge in [-0.2, -0.15) is 0 Å². The van der Waals surface area contributed by atoms with Crippen molar-refractivity contribution in [3.8, 4) is 0 Å². The highest BCUT2D eigenvalue weighted by Gasteiger charge is 2.24. The Morgan fingerprint density at radius 3 is 2.90 bits per heavy atom. The first kappa shape index (κ1) is 15.0. The zero-order valence-electron chi connectivity index (χ0n) is 12.4. The van der Waals surface area contributed by atoms with Gasteiger partial charge in [-0.3, -0.25) is 4.79 Å². The average Bonchev–Trinajstić information content (AvgIpc) is 2.79. The maximum atomic E-state index is 12.0. The maximum Gasteiger partial charge on any atom is 0.220 e. The minimum absolute atomic E-state index is 0.129. The number of fused-ring (bicyclic) bond motifs is 1. The molecular formula is C17H25NO2. The van der Waals surface area contributed by atoms with E-state index < -0.39 is 0 Å². The summed E-state index contributed by atoms with van der Waals surface area (Å²) in [5.74, 6) is 0.817. The van der Waals surface area contributed by atoms with Crippen LogP contribution in [0.25, 0.3) is 0 Å². The molecule has 0 aliphatic heterocycles. The number of carbonyl (C=O) groups is 1. The van der Waals surface area contributed by atoms with Crippen molar-refractivity contribution in [3.63, 3.8) is 0 Å². The van der Waals surface area contributed by atoms with Crippen molar-refractivity contribution in [2.24, 2.45) is 5.92 Å². The van der Waals surface area contributed by atoms with E-state index in [0.717, 1.165) is 19.3 Å². The van der Waals surface area contributed by atoms with Gasteiger partial charge in [-0.1, -0.05) is 31.2 Å². The normalized spacial score (nSPS) is 20.2. The van der Waals surface area contributed by atoms with Gasteiger partial charge in [0, 0.05) is 13.0 Å². The van der Waals surface area contributed by atoms with E-state index in [1.807, 2.05) is 0 Å². The van der Waals surface area contributed by atoms with Gasteiger partial charge in [-0.05, 0) is 49.1 Å². The summed E-state index contributed by atoms with van der Waals surface area (Å²) in [7, 11) is 0. The van der Waals surface area contributed by atoms with E-state index in [1.54, 1.807) is 6.92 Å². The molecule has 110 valence electrons. The van der Waals surface area contributed by atoms with Crippen LogP contribution < -0.4 is 5.32 Å². The van der Waals surface area contributed by atoms with E-state index in [1.165, 1.54) is 11.1 Å². The van der Waals surface area contributed by atoms with Crippen LogP contribution in [0, 0.1) is 5.92 Å². The summed E-state index contributed by atoms with van der Waals surface area (Å²) in [6.07, 6.45) is 3.18. The zero-order valence-corrected chi connectivity index (χ0v) is 12.4. The Morgan fingerprint density at radius 2 is 2.15 bits per heavy atom. The van der Waals surface area contributed by atoms with Crippen LogP contribution in [0.15, 0.2) is 24.3 Å². The molecule has 0 radical (unpaired) electrons. The molecule has 3 unspecified atom stereocenters. The van der Waals surface area contributed by atoms with Gasteiger partial charge >= 0.3 is 0 Å². The third-order valence-corrected chi connectivity index (χ3v) is 4.08. The smallest absolute Gasteiger partial charge is 0.220 e. The molecule has 20 heavy (non-hydrogen) atoms. The first-order valence-corrected chi connectivity index (χ1v) is 7.58. The molecule has 1 aliphatic rings. The molecule has 0 fully saturated rings. The highest BCUT2D eigenvalue weighted by molar-refractivity contribution is 5.77. The molecule has 1 aromatic carbocycles. The number of hydrogen-bond acceptors (Lipinski definition) is 2. The molecule has 1 aliphatic carbocycles. The highest BCUT2D eigenvalue weighted by Crippen LogP contribution is 2.34. The molecule has 2 rings (SSSR count). The van der Waals surface area contributed by atoms with Crippen LogP contribution in [0.4, 0.5) is 0 Å².